The molecule has 0 rings (SSSR count). The van der Waals surface area contributed by atoms with E-state index in [0.29, 0.717) is 13.2 Å². The number of hydrogen-bond donors (Lipinski definition) is 1. The number of halogens is 4. The molecule has 0 heterocycles. The zero-order chi connectivity index (χ0) is 9.45. The summed E-state index contributed by atoms with van der Waals surface area (Å²) in [6.07, 6.45) is 0.809. The second-order valence-electron chi connectivity index (χ2n) is 1.92. The van der Waals surface area contributed by atoms with E-state index in [-0.39, 0.29) is 6.61 Å². The fourth-order valence-electron chi connectivity index (χ4n) is 0.508. The summed E-state index contributed by atoms with van der Waals surface area (Å²) in [4.78, 5) is 0. The third-order valence-corrected chi connectivity index (χ3v) is 16.3. The van der Waals surface area contributed by atoms with Gasteiger partial charge >= 0.3 is 92.0 Å². The second kappa shape index (κ2) is 8.20. The monoisotopic (exact) mass is 367 g/mol. The van der Waals surface area contributed by atoms with Gasteiger partial charge in [-0.1, -0.05) is 0 Å². The number of aliphatic hydroxyl groups excluding tert-OH is 1. The first-order chi connectivity index (χ1) is 5.62. The van der Waals surface area contributed by atoms with Crippen molar-refractivity contribution in [1.29, 1.82) is 0 Å². The van der Waals surface area contributed by atoms with Gasteiger partial charge in [-0.3, -0.25) is 0 Å². The zero-order valence-corrected chi connectivity index (χ0v) is 11.6. The Morgan fingerprint density at radius 1 is 1.33 bits per heavy atom. The molecule has 0 aliphatic rings. The average molecular weight is 368 g/mol. The third-order valence-electron chi connectivity index (χ3n) is 0.963. The molecule has 0 aliphatic heterocycles. The maximum atomic E-state index is 8.38. The van der Waals surface area contributed by atoms with E-state index in [1.807, 2.05) is 0 Å². The molecule has 0 unspecified atom stereocenters. The van der Waals surface area contributed by atoms with Gasteiger partial charge in [-0.25, -0.2) is 0 Å². The molecule has 0 saturated carbocycles. The van der Waals surface area contributed by atoms with Crippen LogP contribution in [0.3, 0.4) is 0 Å². The molecule has 78 valence electrons. The summed E-state index contributed by atoms with van der Waals surface area (Å²) >= 11 is -2.65. The Kier molecular flexibility index (Phi) is 9.48. The quantitative estimate of drug-likeness (QED) is 0.379. The van der Waals surface area contributed by atoms with Crippen molar-refractivity contribution in [3.8, 4) is 0 Å². The van der Waals surface area contributed by atoms with Crippen LogP contribution in [0.25, 0.3) is 0 Å². The van der Waals surface area contributed by atoms with E-state index in [4.69, 9.17) is 38.3 Å². The van der Waals surface area contributed by atoms with Crippen molar-refractivity contribution in [1.82, 2.24) is 0 Å². The molecule has 2 nitrogen and oxygen atoms in total. The summed E-state index contributed by atoms with van der Waals surface area (Å²) in [5.74, 6) is 0. The summed E-state index contributed by atoms with van der Waals surface area (Å²) in [5.41, 5.74) is 0. The fraction of sp³-hybridized carbons (Fsp3) is 1.00. The predicted octanol–water partition coefficient (Wildman–Crippen LogP) is -0.345. The van der Waals surface area contributed by atoms with Crippen LogP contribution in [-0.2, 0) is 4.74 Å². The Morgan fingerprint density at radius 2 is 2.00 bits per heavy atom. The van der Waals surface area contributed by atoms with Gasteiger partial charge in [-0.2, -0.15) is 0 Å². The van der Waals surface area contributed by atoms with Crippen LogP contribution in [0.4, 0.5) is 0 Å². The van der Waals surface area contributed by atoms with Crippen molar-refractivity contribution in [3.63, 3.8) is 0 Å². The van der Waals surface area contributed by atoms with Crippen molar-refractivity contribution in [2.75, 3.05) is 24.2 Å². The fourth-order valence-corrected chi connectivity index (χ4v) is 5.53. The van der Waals surface area contributed by atoms with Crippen LogP contribution in [0.1, 0.15) is 6.42 Å². The molecule has 0 aromatic rings. The zero-order valence-electron chi connectivity index (χ0n) is 6.31. The Bertz CT molecular complexity index is 117. The first-order valence-electron chi connectivity index (χ1n) is 3.26. The van der Waals surface area contributed by atoms with Gasteiger partial charge in [0.05, 0.1) is 0 Å². The molecule has 1 N–H and O–H groups in total. The Morgan fingerprint density at radius 3 is 2.50 bits per heavy atom. The van der Waals surface area contributed by atoms with Gasteiger partial charge in [0.2, 0.25) is 0 Å². The van der Waals surface area contributed by atoms with E-state index < -0.39 is 14.8 Å². The summed E-state index contributed by atoms with van der Waals surface area (Å²) in [6, 6.07) is 0. The molecular weight excluding hydrogens is 357 g/mol. The van der Waals surface area contributed by atoms with E-state index in [1.165, 1.54) is 0 Å². The van der Waals surface area contributed by atoms with Gasteiger partial charge in [-0.15, -0.1) is 0 Å². The maximum absolute atomic E-state index is 8.38. The van der Waals surface area contributed by atoms with E-state index in [0.717, 1.165) is 19.0 Å². The summed E-state index contributed by atoms with van der Waals surface area (Å²) in [5, 5.41) is 8.38. The Labute approximate surface area is 91.2 Å². The second-order valence-corrected chi connectivity index (χ2v) is 22.5. The van der Waals surface area contributed by atoms with Crippen LogP contribution in [-0.4, -0.2) is 29.4 Å². The minimum absolute atomic E-state index is 0.0535. The van der Waals surface area contributed by atoms with Gasteiger partial charge < -0.3 is 0 Å². The van der Waals surface area contributed by atoms with Crippen LogP contribution in [0.15, 0.2) is 0 Å². The van der Waals surface area contributed by atoms with Gasteiger partial charge in [0.1, 0.15) is 0 Å². The molecule has 0 radical (unpaired) electrons. The minimum atomic E-state index is -2.65. The molecular formula is C5H11Cl3IO2S-. The molecule has 0 aliphatic carbocycles. The van der Waals surface area contributed by atoms with E-state index in [2.05, 4.69) is 0 Å². The Hall–Kier alpha value is 1.87. The number of aliphatic hydroxyl groups is 1. The number of hydrogen-bond acceptors (Lipinski definition) is 3. The molecule has 0 spiro atoms. The standard InChI is InChI=1S/C5H11Cl3IO2S/c6-9(7,12-8)2-1-4-11-5-3-10/h10H,1-5H2/q-1. The van der Waals surface area contributed by atoms with Crippen LogP contribution >= 0.6 is 36.6 Å². The normalized spacial score (nSPS) is 13.3. The predicted molar refractivity (Wildman–Crippen MR) is 52.5 cm³/mol. The molecule has 0 aromatic heterocycles. The molecule has 0 saturated heterocycles. The average Bonchev–Trinajstić information content (AvgIpc) is 2.04. The number of rotatable bonds is 7. The van der Waals surface area contributed by atoms with E-state index in [9.17, 15) is 0 Å². The first kappa shape index (κ1) is 13.9. The van der Waals surface area contributed by atoms with Crippen molar-refractivity contribution in [2.45, 2.75) is 6.42 Å². The van der Waals surface area contributed by atoms with Gasteiger partial charge in [-0.05, 0) is 0 Å². The Balaban J connectivity index is 3.19. The molecule has 0 bridgehead atoms. The van der Waals surface area contributed by atoms with Crippen molar-refractivity contribution in [3.05, 3.63) is 0 Å². The van der Waals surface area contributed by atoms with Crippen LogP contribution in [0.2, 0.25) is 0 Å². The van der Waals surface area contributed by atoms with Crippen molar-refractivity contribution < 1.29 is 24.6 Å². The van der Waals surface area contributed by atoms with E-state index >= 15 is 0 Å². The molecule has 12 heavy (non-hydrogen) atoms. The molecule has 0 amide bonds. The summed E-state index contributed by atoms with van der Waals surface area (Å²) in [7, 11) is 18.4. The first-order valence-corrected chi connectivity index (χ1v) is 14.4. The van der Waals surface area contributed by atoms with Crippen molar-refractivity contribution >= 4 is 36.6 Å². The number of alkyl halides is 1. The van der Waals surface area contributed by atoms with Crippen LogP contribution in [0, 0.1) is 0 Å². The molecule has 0 atom stereocenters. The molecule has 0 fully saturated rings. The molecule has 7 heteroatoms. The summed E-state index contributed by atoms with van der Waals surface area (Å²) < 4.78 is 5.78. The third kappa shape index (κ3) is 8.47. The van der Waals surface area contributed by atoms with Gasteiger partial charge in [0.25, 0.3) is 0 Å². The van der Waals surface area contributed by atoms with Gasteiger partial charge in [0.15, 0.2) is 0 Å². The summed E-state index contributed by atoms with van der Waals surface area (Å²) in [6.45, 7) is 1.01. The topological polar surface area (TPSA) is 29.5 Å². The SMILES string of the molecule is OCCOCCC[I-](Cl)(Cl)SCl. The van der Waals surface area contributed by atoms with Crippen molar-refractivity contribution in [2.24, 2.45) is 0 Å². The van der Waals surface area contributed by atoms with E-state index in [1.54, 1.807) is 0 Å². The van der Waals surface area contributed by atoms with Crippen LogP contribution < -0.4 is 14.8 Å². The van der Waals surface area contributed by atoms with Crippen LogP contribution in [0.5, 0.6) is 0 Å². The number of ether oxygens (including phenoxy) is 1. The van der Waals surface area contributed by atoms with Gasteiger partial charge in [0, 0.05) is 0 Å². The molecule has 0 aromatic carbocycles.